The first-order chi connectivity index (χ1) is 8.90. The van der Waals surface area contributed by atoms with Crippen molar-refractivity contribution in [1.82, 2.24) is 10.2 Å². The molecular formula is C14H29N3O2. The number of hydrogen-bond acceptors (Lipinski definition) is 4. The van der Waals surface area contributed by atoms with Gasteiger partial charge in [-0.05, 0) is 59.5 Å². The molecule has 1 saturated heterocycles. The quantitative estimate of drug-likeness (QED) is 0.747. The number of carbonyl (C=O) groups is 1. The van der Waals surface area contributed by atoms with Gasteiger partial charge in [-0.1, -0.05) is 0 Å². The van der Waals surface area contributed by atoms with E-state index in [9.17, 15) is 4.79 Å². The molecular weight excluding hydrogens is 242 g/mol. The molecule has 0 bridgehead atoms. The Morgan fingerprint density at radius 3 is 2.47 bits per heavy atom. The second-order valence-corrected chi connectivity index (χ2v) is 6.26. The first-order valence-electron chi connectivity index (χ1n) is 7.32. The van der Waals surface area contributed by atoms with Gasteiger partial charge in [0, 0.05) is 19.1 Å². The Kier molecular flexibility index (Phi) is 6.58. The molecule has 112 valence electrons. The molecule has 1 amide bonds. The van der Waals surface area contributed by atoms with Crippen LogP contribution in [-0.2, 0) is 4.74 Å². The van der Waals surface area contributed by atoms with Crippen LogP contribution in [0.2, 0.25) is 0 Å². The van der Waals surface area contributed by atoms with Gasteiger partial charge in [0.15, 0.2) is 0 Å². The number of piperidine rings is 1. The van der Waals surface area contributed by atoms with Crippen molar-refractivity contribution < 1.29 is 9.53 Å². The molecule has 1 rings (SSSR count). The van der Waals surface area contributed by atoms with Crippen molar-refractivity contribution in [2.24, 2.45) is 5.73 Å². The Morgan fingerprint density at radius 1 is 1.32 bits per heavy atom. The van der Waals surface area contributed by atoms with E-state index in [-0.39, 0.29) is 12.1 Å². The molecule has 0 spiro atoms. The van der Waals surface area contributed by atoms with Crippen LogP contribution < -0.4 is 11.1 Å². The van der Waals surface area contributed by atoms with E-state index < -0.39 is 5.60 Å². The number of unbranched alkanes of at least 4 members (excludes halogenated alkanes) is 1. The van der Waals surface area contributed by atoms with E-state index in [1.165, 1.54) is 6.42 Å². The lowest BCUT2D eigenvalue weighted by Gasteiger charge is -2.32. The van der Waals surface area contributed by atoms with E-state index in [4.69, 9.17) is 10.5 Å². The van der Waals surface area contributed by atoms with Crippen molar-refractivity contribution in [2.45, 2.75) is 58.1 Å². The maximum atomic E-state index is 11.7. The van der Waals surface area contributed by atoms with Crippen molar-refractivity contribution in [3.63, 3.8) is 0 Å². The van der Waals surface area contributed by atoms with Crippen molar-refractivity contribution in [2.75, 3.05) is 26.2 Å². The second kappa shape index (κ2) is 7.70. The van der Waals surface area contributed by atoms with Crippen LogP contribution in [0.3, 0.4) is 0 Å². The van der Waals surface area contributed by atoms with E-state index in [0.29, 0.717) is 0 Å². The van der Waals surface area contributed by atoms with E-state index in [2.05, 4.69) is 10.2 Å². The molecule has 5 heteroatoms. The summed E-state index contributed by atoms with van der Waals surface area (Å²) in [7, 11) is 0. The van der Waals surface area contributed by atoms with Crippen LogP contribution in [0.5, 0.6) is 0 Å². The molecule has 1 aliphatic rings. The summed E-state index contributed by atoms with van der Waals surface area (Å²) in [5, 5.41) is 2.96. The van der Waals surface area contributed by atoms with Crippen molar-refractivity contribution in [1.29, 1.82) is 0 Å². The SMILES string of the molecule is CC(C)(C)OC(=O)NC1CCN(CCCCN)CC1. The van der Waals surface area contributed by atoms with Crippen LogP contribution in [0.4, 0.5) is 4.79 Å². The maximum Gasteiger partial charge on any atom is 0.407 e. The highest BCUT2D eigenvalue weighted by molar-refractivity contribution is 5.68. The number of nitrogens with two attached hydrogens (primary N) is 1. The minimum Gasteiger partial charge on any atom is -0.444 e. The number of alkyl carbamates (subject to hydrolysis) is 1. The van der Waals surface area contributed by atoms with Crippen LogP contribution in [0.1, 0.15) is 46.5 Å². The third kappa shape index (κ3) is 7.38. The summed E-state index contributed by atoms with van der Waals surface area (Å²) in [4.78, 5) is 14.1. The van der Waals surface area contributed by atoms with Crippen molar-refractivity contribution in [3.8, 4) is 0 Å². The van der Waals surface area contributed by atoms with Gasteiger partial charge in [-0.3, -0.25) is 0 Å². The zero-order chi connectivity index (χ0) is 14.3. The molecule has 0 unspecified atom stereocenters. The number of likely N-dealkylation sites (tertiary alicyclic amines) is 1. The van der Waals surface area contributed by atoms with Gasteiger partial charge in [0.25, 0.3) is 0 Å². The number of nitrogens with one attached hydrogen (secondary N) is 1. The Hall–Kier alpha value is -0.810. The van der Waals surface area contributed by atoms with Gasteiger partial charge < -0.3 is 20.7 Å². The molecule has 0 aromatic carbocycles. The number of carbonyl (C=O) groups excluding carboxylic acids is 1. The van der Waals surface area contributed by atoms with E-state index >= 15 is 0 Å². The Balaban J connectivity index is 2.17. The number of rotatable bonds is 5. The average molecular weight is 271 g/mol. The van der Waals surface area contributed by atoms with Crippen LogP contribution in [0.15, 0.2) is 0 Å². The molecule has 1 aliphatic heterocycles. The minimum atomic E-state index is -0.424. The van der Waals surface area contributed by atoms with Gasteiger partial charge in [0.2, 0.25) is 0 Å². The molecule has 0 saturated carbocycles. The van der Waals surface area contributed by atoms with Gasteiger partial charge in [-0.15, -0.1) is 0 Å². The summed E-state index contributed by atoms with van der Waals surface area (Å²) in [6.45, 7) is 9.63. The third-order valence-electron chi connectivity index (χ3n) is 3.24. The first kappa shape index (κ1) is 16.2. The smallest absolute Gasteiger partial charge is 0.407 e. The number of ether oxygens (including phenoxy) is 1. The normalized spacial score (nSPS) is 18.3. The van der Waals surface area contributed by atoms with Crippen LogP contribution in [-0.4, -0.2) is 48.8 Å². The Morgan fingerprint density at radius 2 is 1.95 bits per heavy atom. The van der Waals surface area contributed by atoms with E-state index in [1.54, 1.807) is 0 Å². The standard InChI is InChI=1S/C14H29N3O2/c1-14(2,3)19-13(18)16-12-6-10-17(11-7-12)9-5-4-8-15/h12H,4-11,15H2,1-3H3,(H,16,18). The molecule has 0 atom stereocenters. The number of amides is 1. The highest BCUT2D eigenvalue weighted by Gasteiger charge is 2.23. The fourth-order valence-electron chi connectivity index (χ4n) is 2.25. The Bertz CT molecular complexity index is 268. The number of hydrogen-bond donors (Lipinski definition) is 2. The molecule has 0 aromatic rings. The lowest BCUT2D eigenvalue weighted by atomic mass is 10.0. The van der Waals surface area contributed by atoms with Gasteiger partial charge in [-0.2, -0.15) is 0 Å². The van der Waals surface area contributed by atoms with Crippen molar-refractivity contribution in [3.05, 3.63) is 0 Å². The topological polar surface area (TPSA) is 67.6 Å². The summed E-state index contributed by atoms with van der Waals surface area (Å²) >= 11 is 0. The summed E-state index contributed by atoms with van der Waals surface area (Å²) < 4.78 is 5.27. The maximum absolute atomic E-state index is 11.7. The molecule has 1 heterocycles. The molecule has 0 aliphatic carbocycles. The number of nitrogens with zero attached hydrogens (tertiary/aromatic N) is 1. The second-order valence-electron chi connectivity index (χ2n) is 6.26. The minimum absolute atomic E-state index is 0.251. The van der Waals surface area contributed by atoms with Crippen LogP contribution in [0.25, 0.3) is 0 Å². The summed E-state index contributed by atoms with van der Waals surface area (Å²) in [5.41, 5.74) is 5.07. The predicted octanol–water partition coefficient (Wildman–Crippen LogP) is 1.71. The highest BCUT2D eigenvalue weighted by atomic mass is 16.6. The largest absolute Gasteiger partial charge is 0.444 e. The Labute approximate surface area is 116 Å². The zero-order valence-corrected chi connectivity index (χ0v) is 12.6. The van der Waals surface area contributed by atoms with Gasteiger partial charge in [-0.25, -0.2) is 4.79 Å². The van der Waals surface area contributed by atoms with Gasteiger partial charge in [0.05, 0.1) is 0 Å². The molecule has 19 heavy (non-hydrogen) atoms. The zero-order valence-electron chi connectivity index (χ0n) is 12.6. The average Bonchev–Trinajstić information content (AvgIpc) is 2.29. The summed E-state index contributed by atoms with van der Waals surface area (Å²) in [5.74, 6) is 0. The first-order valence-corrected chi connectivity index (χ1v) is 7.32. The van der Waals surface area contributed by atoms with Gasteiger partial charge in [0.1, 0.15) is 5.60 Å². The van der Waals surface area contributed by atoms with Gasteiger partial charge >= 0.3 is 6.09 Å². The van der Waals surface area contributed by atoms with Crippen LogP contribution >= 0.6 is 0 Å². The summed E-state index contributed by atoms with van der Waals surface area (Å²) in [6, 6.07) is 0.251. The molecule has 5 nitrogen and oxygen atoms in total. The van der Waals surface area contributed by atoms with Crippen LogP contribution in [0, 0.1) is 0 Å². The van der Waals surface area contributed by atoms with E-state index in [0.717, 1.165) is 45.4 Å². The molecule has 1 fully saturated rings. The summed E-state index contributed by atoms with van der Waals surface area (Å²) in [6.07, 6.45) is 3.97. The molecule has 0 radical (unpaired) electrons. The monoisotopic (exact) mass is 271 g/mol. The van der Waals surface area contributed by atoms with Crippen molar-refractivity contribution >= 4 is 6.09 Å². The lowest BCUT2D eigenvalue weighted by molar-refractivity contribution is 0.0479. The van der Waals surface area contributed by atoms with E-state index in [1.807, 2.05) is 20.8 Å². The fourth-order valence-corrected chi connectivity index (χ4v) is 2.25. The predicted molar refractivity (Wildman–Crippen MR) is 77.1 cm³/mol. The highest BCUT2D eigenvalue weighted by Crippen LogP contribution is 2.12. The molecule has 3 N–H and O–H groups in total. The lowest BCUT2D eigenvalue weighted by Crippen LogP contribution is -2.46. The fraction of sp³-hybridized carbons (Fsp3) is 0.929. The third-order valence-corrected chi connectivity index (χ3v) is 3.24. The molecule has 0 aromatic heterocycles.